The van der Waals surface area contributed by atoms with E-state index in [1.807, 2.05) is 44.2 Å². The van der Waals surface area contributed by atoms with Crippen molar-refractivity contribution in [2.24, 2.45) is 11.8 Å². The molecule has 2 amide bonds. The molecule has 0 spiro atoms. The third kappa shape index (κ3) is 11.8. The summed E-state index contributed by atoms with van der Waals surface area (Å²) in [6.07, 6.45) is 5.06. The molecular formula is C31H47N3O5. The summed E-state index contributed by atoms with van der Waals surface area (Å²) in [5.74, 6) is -1.05. The van der Waals surface area contributed by atoms with Gasteiger partial charge in [0.15, 0.2) is 11.6 Å². The molecule has 1 aromatic rings. The maximum absolute atomic E-state index is 13.7. The van der Waals surface area contributed by atoms with Crippen molar-refractivity contribution in [2.45, 2.75) is 97.1 Å². The van der Waals surface area contributed by atoms with Crippen LogP contribution in [0.2, 0.25) is 0 Å². The zero-order chi connectivity index (χ0) is 28.8. The van der Waals surface area contributed by atoms with Gasteiger partial charge in [0, 0.05) is 45.7 Å². The number of ketones is 3. The van der Waals surface area contributed by atoms with Crippen molar-refractivity contribution in [3.05, 3.63) is 35.9 Å². The van der Waals surface area contributed by atoms with E-state index in [9.17, 15) is 24.0 Å². The Kier molecular flexibility index (Phi) is 14.1. The Labute approximate surface area is 233 Å². The lowest BCUT2D eigenvalue weighted by Gasteiger charge is -2.32. The predicted molar refractivity (Wildman–Crippen MR) is 152 cm³/mol. The Balaban J connectivity index is 2.19. The molecule has 1 heterocycles. The van der Waals surface area contributed by atoms with Crippen molar-refractivity contribution in [3.8, 4) is 0 Å². The largest absolute Gasteiger partial charge is 0.347 e. The predicted octanol–water partition coefficient (Wildman–Crippen LogP) is 3.65. The number of benzene rings is 1. The minimum atomic E-state index is -0.670. The molecule has 1 aromatic carbocycles. The number of aryl methyl sites for hydroxylation is 1. The van der Waals surface area contributed by atoms with E-state index in [1.54, 1.807) is 7.05 Å². The van der Waals surface area contributed by atoms with Crippen LogP contribution in [0.1, 0.15) is 84.1 Å². The number of nitrogens with zero attached hydrogens (tertiary/aromatic N) is 1. The quantitative estimate of drug-likeness (QED) is 0.468. The van der Waals surface area contributed by atoms with Crippen molar-refractivity contribution in [1.29, 1.82) is 0 Å². The van der Waals surface area contributed by atoms with Crippen LogP contribution in [0.5, 0.6) is 0 Å². The van der Waals surface area contributed by atoms with Crippen LogP contribution in [0.3, 0.4) is 0 Å². The van der Waals surface area contributed by atoms with Crippen molar-refractivity contribution in [2.75, 3.05) is 20.1 Å². The monoisotopic (exact) mass is 541 g/mol. The Bertz CT molecular complexity index is 962. The van der Waals surface area contributed by atoms with Gasteiger partial charge in [0.1, 0.15) is 5.78 Å². The molecule has 2 rings (SSSR count). The lowest BCUT2D eigenvalue weighted by molar-refractivity contribution is -0.143. The molecular weight excluding hydrogens is 494 g/mol. The summed E-state index contributed by atoms with van der Waals surface area (Å²) < 4.78 is 0. The van der Waals surface area contributed by atoms with Gasteiger partial charge >= 0.3 is 0 Å². The highest BCUT2D eigenvalue weighted by molar-refractivity contribution is 5.94. The fourth-order valence-electron chi connectivity index (χ4n) is 5.20. The first-order valence-corrected chi connectivity index (χ1v) is 14.4. The summed E-state index contributed by atoms with van der Waals surface area (Å²) in [7, 11) is 1.66. The number of likely N-dealkylation sites (N-methyl/N-ethyl adjacent to an activating group) is 1. The van der Waals surface area contributed by atoms with Crippen LogP contribution < -0.4 is 10.6 Å². The van der Waals surface area contributed by atoms with Gasteiger partial charge in [-0.2, -0.15) is 0 Å². The van der Waals surface area contributed by atoms with Gasteiger partial charge in [-0.25, -0.2) is 0 Å². The zero-order valence-corrected chi connectivity index (χ0v) is 24.2. The molecule has 39 heavy (non-hydrogen) atoms. The van der Waals surface area contributed by atoms with Gasteiger partial charge < -0.3 is 15.5 Å². The minimum Gasteiger partial charge on any atom is -0.347 e. The number of hydrogen-bond acceptors (Lipinski definition) is 6. The SMILES string of the molecule is CC(=O)N[C@@H](CCCc1ccccc1)C(=O)C[C@H]1CCCCC(=O)CCNCC(=O)[C@H](CC(C)C)N(C)C1=O. The summed E-state index contributed by atoms with van der Waals surface area (Å²) in [5.41, 5.74) is 1.17. The second-order valence-electron chi connectivity index (χ2n) is 11.3. The van der Waals surface area contributed by atoms with Crippen LogP contribution in [-0.2, 0) is 30.4 Å². The Morgan fingerprint density at radius 3 is 2.46 bits per heavy atom. The molecule has 1 aliphatic heterocycles. The fraction of sp³-hybridized carbons (Fsp3) is 0.645. The normalized spacial score (nSPS) is 20.9. The molecule has 1 fully saturated rings. The topological polar surface area (TPSA) is 113 Å². The van der Waals surface area contributed by atoms with Crippen LogP contribution in [0, 0.1) is 11.8 Å². The molecule has 1 aliphatic rings. The van der Waals surface area contributed by atoms with Gasteiger partial charge in [0.25, 0.3) is 0 Å². The summed E-state index contributed by atoms with van der Waals surface area (Å²) in [4.78, 5) is 66.0. The molecule has 8 nitrogen and oxygen atoms in total. The molecule has 0 radical (unpaired) electrons. The summed E-state index contributed by atoms with van der Waals surface area (Å²) >= 11 is 0. The average Bonchev–Trinajstić information content (AvgIpc) is 2.89. The smallest absolute Gasteiger partial charge is 0.226 e. The van der Waals surface area contributed by atoms with Crippen molar-refractivity contribution in [1.82, 2.24) is 15.5 Å². The van der Waals surface area contributed by atoms with Gasteiger partial charge in [-0.05, 0) is 50.0 Å². The van der Waals surface area contributed by atoms with Crippen LogP contribution in [0.4, 0.5) is 0 Å². The molecule has 0 aromatic heterocycles. The first kappa shape index (κ1) is 32.3. The van der Waals surface area contributed by atoms with Gasteiger partial charge in [-0.15, -0.1) is 0 Å². The zero-order valence-electron chi connectivity index (χ0n) is 24.2. The number of carbonyl (C=O) groups excluding carboxylic acids is 5. The average molecular weight is 542 g/mol. The van der Waals surface area contributed by atoms with E-state index in [0.29, 0.717) is 51.5 Å². The highest BCUT2D eigenvalue weighted by Gasteiger charge is 2.33. The molecule has 3 atom stereocenters. The molecule has 1 saturated heterocycles. The molecule has 0 aliphatic carbocycles. The summed E-state index contributed by atoms with van der Waals surface area (Å²) in [6, 6.07) is 8.71. The number of hydrogen-bond donors (Lipinski definition) is 2. The molecule has 8 heteroatoms. The van der Waals surface area contributed by atoms with Crippen LogP contribution in [-0.4, -0.2) is 66.3 Å². The summed E-state index contributed by atoms with van der Waals surface area (Å²) in [5, 5.41) is 5.86. The van der Waals surface area contributed by atoms with Crippen LogP contribution >= 0.6 is 0 Å². The lowest BCUT2D eigenvalue weighted by Crippen LogP contribution is -2.49. The number of rotatable bonds is 10. The first-order chi connectivity index (χ1) is 18.6. The van der Waals surface area contributed by atoms with Gasteiger partial charge in [0.05, 0.1) is 18.6 Å². The maximum atomic E-state index is 13.7. The van der Waals surface area contributed by atoms with Crippen molar-refractivity contribution < 1.29 is 24.0 Å². The van der Waals surface area contributed by atoms with Crippen molar-refractivity contribution in [3.63, 3.8) is 0 Å². The van der Waals surface area contributed by atoms with Crippen LogP contribution in [0.15, 0.2) is 30.3 Å². The van der Waals surface area contributed by atoms with Gasteiger partial charge in [-0.3, -0.25) is 24.0 Å². The first-order valence-electron chi connectivity index (χ1n) is 14.4. The second-order valence-corrected chi connectivity index (χ2v) is 11.3. The number of Topliss-reactive ketones (excluding diaryl/α,β-unsaturated/α-hetero) is 3. The third-order valence-corrected chi connectivity index (χ3v) is 7.38. The van der Waals surface area contributed by atoms with Gasteiger partial charge in [-0.1, -0.05) is 50.6 Å². The second kappa shape index (κ2) is 17.0. The molecule has 0 bridgehead atoms. The van der Waals surface area contributed by atoms with E-state index in [1.165, 1.54) is 17.4 Å². The highest BCUT2D eigenvalue weighted by atomic mass is 16.2. The van der Waals surface area contributed by atoms with E-state index < -0.39 is 18.0 Å². The number of amides is 2. The van der Waals surface area contributed by atoms with Crippen molar-refractivity contribution >= 4 is 29.2 Å². The highest BCUT2D eigenvalue weighted by Crippen LogP contribution is 2.23. The van der Waals surface area contributed by atoms with Crippen LogP contribution in [0.25, 0.3) is 0 Å². The maximum Gasteiger partial charge on any atom is 0.226 e. The Morgan fingerprint density at radius 2 is 1.79 bits per heavy atom. The van der Waals surface area contributed by atoms with Gasteiger partial charge in [0.2, 0.25) is 11.8 Å². The van der Waals surface area contributed by atoms with E-state index in [4.69, 9.17) is 0 Å². The molecule has 0 unspecified atom stereocenters. The Hall–Kier alpha value is -2.87. The van der Waals surface area contributed by atoms with E-state index in [0.717, 1.165) is 12.8 Å². The molecule has 2 N–H and O–H groups in total. The third-order valence-electron chi connectivity index (χ3n) is 7.38. The lowest BCUT2D eigenvalue weighted by atomic mass is 9.89. The standard InChI is InChI=1S/C31H47N3O5/c1-22(2)19-28-30(38)21-32-18-17-26(36)15-9-8-14-25(31(39)34(28)4)20-29(37)27(33-23(3)35)16-10-13-24-11-6-5-7-12-24/h5-7,11-12,22,25,27-28,32H,8-10,13-21H2,1-4H3,(H,33,35)/t25-,27+,28+/m1/s1. The Morgan fingerprint density at radius 1 is 1.08 bits per heavy atom. The number of carbonyl (C=O) groups is 5. The van der Waals surface area contributed by atoms with E-state index >= 15 is 0 Å². The molecule has 0 saturated carbocycles. The fourth-order valence-corrected chi connectivity index (χ4v) is 5.20. The van der Waals surface area contributed by atoms with E-state index in [-0.39, 0.29) is 48.0 Å². The van der Waals surface area contributed by atoms with E-state index in [2.05, 4.69) is 10.6 Å². The minimum absolute atomic E-state index is 0.00571. The molecule has 216 valence electrons. The summed E-state index contributed by atoms with van der Waals surface area (Å²) in [6.45, 7) is 5.96. The number of nitrogens with one attached hydrogen (secondary N) is 2.